The molecule has 0 aromatic heterocycles. The van der Waals surface area contributed by atoms with Crippen molar-refractivity contribution in [3.63, 3.8) is 0 Å². The maximum Gasteiger partial charge on any atom is 0.309 e. The Kier molecular flexibility index (Phi) is 4.10. The highest BCUT2D eigenvalue weighted by molar-refractivity contribution is 5.94. The Hall–Kier alpha value is -2.03. The third-order valence-corrected chi connectivity index (χ3v) is 2.77. The Balaban J connectivity index is 2.81. The van der Waals surface area contributed by atoms with Gasteiger partial charge in [0.05, 0.1) is 11.8 Å². The topological polar surface area (TPSA) is 94.9 Å². The molecule has 17 heavy (non-hydrogen) atoms. The zero-order valence-electron chi connectivity index (χ0n) is 9.34. The lowest BCUT2D eigenvalue weighted by Crippen LogP contribution is -2.48. The molecule has 1 aliphatic rings. The highest BCUT2D eigenvalue weighted by Crippen LogP contribution is 2.24. The largest absolute Gasteiger partial charge is 0.481 e. The van der Waals surface area contributed by atoms with Crippen LogP contribution >= 0.6 is 0 Å². The van der Waals surface area contributed by atoms with Gasteiger partial charge in [0.15, 0.2) is 0 Å². The molecule has 1 saturated heterocycles. The number of likely N-dealkylation sites (tertiary alicyclic amines) is 1. The van der Waals surface area contributed by atoms with E-state index < -0.39 is 29.7 Å². The lowest BCUT2D eigenvalue weighted by molar-refractivity contribution is -0.158. The number of hydrogen-bond donors (Lipinski definition) is 2. The van der Waals surface area contributed by atoms with E-state index in [9.17, 15) is 14.4 Å². The molecule has 2 unspecified atom stereocenters. The van der Waals surface area contributed by atoms with Gasteiger partial charge in [-0.3, -0.25) is 14.4 Å². The van der Waals surface area contributed by atoms with Gasteiger partial charge >= 0.3 is 11.9 Å². The summed E-state index contributed by atoms with van der Waals surface area (Å²) in [5.74, 6) is -0.0356. The molecule has 0 aromatic carbocycles. The normalized spacial score (nSPS) is 23.5. The Bertz CT molecular complexity index is 406. The second kappa shape index (κ2) is 5.34. The first-order valence-electron chi connectivity index (χ1n) is 5.14. The predicted octanol–water partition coefficient (Wildman–Crippen LogP) is -0.356. The number of nitrogens with zero attached hydrogens (tertiary/aromatic N) is 1. The van der Waals surface area contributed by atoms with E-state index in [4.69, 9.17) is 10.2 Å². The summed E-state index contributed by atoms with van der Waals surface area (Å²) in [6, 6.07) is 0. The number of piperidine rings is 1. The van der Waals surface area contributed by atoms with Crippen molar-refractivity contribution in [1.82, 2.24) is 4.90 Å². The lowest BCUT2D eigenvalue weighted by Gasteiger charge is -2.33. The highest BCUT2D eigenvalue weighted by atomic mass is 16.4. The number of carboxylic acid groups (broad SMARTS) is 2. The molecule has 6 heteroatoms. The summed E-state index contributed by atoms with van der Waals surface area (Å²) in [6.45, 7) is 1.64. The number of carbonyl (C=O) groups is 3. The maximum absolute atomic E-state index is 11.5. The average molecular weight is 239 g/mol. The third-order valence-electron chi connectivity index (χ3n) is 2.77. The summed E-state index contributed by atoms with van der Waals surface area (Å²) in [5, 5.41) is 17.8. The van der Waals surface area contributed by atoms with Crippen LogP contribution in [0.1, 0.15) is 13.3 Å². The van der Waals surface area contributed by atoms with E-state index in [-0.39, 0.29) is 19.5 Å². The van der Waals surface area contributed by atoms with Crippen LogP contribution in [0.4, 0.5) is 0 Å². The van der Waals surface area contributed by atoms with Crippen molar-refractivity contribution in [1.29, 1.82) is 0 Å². The van der Waals surface area contributed by atoms with Crippen molar-refractivity contribution in [2.75, 3.05) is 13.1 Å². The van der Waals surface area contributed by atoms with E-state index in [1.807, 2.05) is 0 Å². The van der Waals surface area contributed by atoms with Crippen molar-refractivity contribution in [3.05, 3.63) is 0 Å². The van der Waals surface area contributed by atoms with Crippen LogP contribution in [-0.4, -0.2) is 46.0 Å². The molecular formula is C11H13NO5. The predicted molar refractivity (Wildman–Crippen MR) is 56.9 cm³/mol. The van der Waals surface area contributed by atoms with E-state index in [1.54, 1.807) is 0 Å². The molecule has 1 heterocycles. The van der Waals surface area contributed by atoms with Gasteiger partial charge in [0.1, 0.15) is 0 Å². The second-order valence-electron chi connectivity index (χ2n) is 3.80. The van der Waals surface area contributed by atoms with Crippen molar-refractivity contribution in [3.8, 4) is 11.8 Å². The average Bonchev–Trinajstić information content (AvgIpc) is 2.28. The Morgan fingerprint density at radius 3 is 2.24 bits per heavy atom. The van der Waals surface area contributed by atoms with E-state index in [2.05, 4.69) is 11.8 Å². The zero-order chi connectivity index (χ0) is 13.0. The molecule has 92 valence electrons. The number of aliphatic carboxylic acids is 2. The molecule has 1 fully saturated rings. The van der Waals surface area contributed by atoms with Gasteiger partial charge in [-0.25, -0.2) is 0 Å². The van der Waals surface area contributed by atoms with Gasteiger partial charge in [-0.1, -0.05) is 5.92 Å². The van der Waals surface area contributed by atoms with E-state index in [1.165, 1.54) is 11.8 Å². The van der Waals surface area contributed by atoms with Crippen LogP contribution in [0.5, 0.6) is 0 Å². The van der Waals surface area contributed by atoms with Crippen LogP contribution in [0.3, 0.4) is 0 Å². The summed E-state index contributed by atoms with van der Waals surface area (Å²) < 4.78 is 0. The van der Waals surface area contributed by atoms with Gasteiger partial charge in [-0.05, 0) is 19.3 Å². The molecule has 0 aliphatic carbocycles. The highest BCUT2D eigenvalue weighted by Gasteiger charge is 2.39. The van der Waals surface area contributed by atoms with Crippen molar-refractivity contribution in [2.24, 2.45) is 11.8 Å². The molecule has 0 radical (unpaired) electrons. The minimum Gasteiger partial charge on any atom is -0.481 e. The summed E-state index contributed by atoms with van der Waals surface area (Å²) in [6.07, 6.45) is 0.142. The van der Waals surface area contributed by atoms with Gasteiger partial charge < -0.3 is 15.1 Å². The molecule has 0 spiro atoms. The molecule has 0 saturated carbocycles. The summed E-state index contributed by atoms with van der Waals surface area (Å²) in [4.78, 5) is 34.6. The molecule has 2 atom stereocenters. The molecule has 1 aliphatic heterocycles. The van der Waals surface area contributed by atoms with Gasteiger partial charge in [0, 0.05) is 13.1 Å². The zero-order valence-corrected chi connectivity index (χ0v) is 9.34. The maximum atomic E-state index is 11.5. The van der Waals surface area contributed by atoms with Crippen LogP contribution in [0.15, 0.2) is 0 Å². The molecular weight excluding hydrogens is 226 g/mol. The minimum atomic E-state index is -1.20. The van der Waals surface area contributed by atoms with Crippen LogP contribution in [0, 0.1) is 23.7 Å². The minimum absolute atomic E-state index is 0.0974. The first kappa shape index (κ1) is 13.0. The Morgan fingerprint density at radius 1 is 1.18 bits per heavy atom. The van der Waals surface area contributed by atoms with E-state index in [0.717, 1.165) is 0 Å². The summed E-state index contributed by atoms with van der Waals surface area (Å²) >= 11 is 0. The Morgan fingerprint density at radius 2 is 1.76 bits per heavy atom. The molecule has 0 bridgehead atoms. The lowest BCUT2D eigenvalue weighted by atomic mass is 9.85. The molecule has 1 amide bonds. The fraction of sp³-hybridized carbons (Fsp3) is 0.545. The number of hydrogen-bond acceptors (Lipinski definition) is 3. The quantitative estimate of drug-likeness (QED) is 0.642. The fourth-order valence-electron chi connectivity index (χ4n) is 1.87. The SMILES string of the molecule is CC#CC(=O)N1CCC(C(=O)O)C(C(=O)O)C1. The van der Waals surface area contributed by atoms with Gasteiger partial charge in [0.25, 0.3) is 5.91 Å². The monoisotopic (exact) mass is 239 g/mol. The van der Waals surface area contributed by atoms with E-state index in [0.29, 0.717) is 0 Å². The van der Waals surface area contributed by atoms with E-state index >= 15 is 0 Å². The summed E-state index contributed by atoms with van der Waals surface area (Å²) in [7, 11) is 0. The number of amides is 1. The number of carboxylic acids is 2. The molecule has 6 nitrogen and oxygen atoms in total. The van der Waals surface area contributed by atoms with Crippen molar-refractivity contribution < 1.29 is 24.6 Å². The second-order valence-corrected chi connectivity index (χ2v) is 3.80. The van der Waals surface area contributed by atoms with Crippen molar-refractivity contribution in [2.45, 2.75) is 13.3 Å². The first-order chi connectivity index (χ1) is 7.97. The first-order valence-corrected chi connectivity index (χ1v) is 5.14. The number of carbonyl (C=O) groups excluding carboxylic acids is 1. The Labute approximate surface area is 98.2 Å². The third kappa shape index (κ3) is 2.97. The van der Waals surface area contributed by atoms with Crippen molar-refractivity contribution >= 4 is 17.8 Å². The standard InChI is InChI=1S/C11H13NO5/c1-2-3-9(13)12-5-4-7(10(14)15)8(6-12)11(16)17/h7-8H,4-6H2,1H3,(H,14,15)(H,16,17). The van der Waals surface area contributed by atoms with Gasteiger partial charge in [0.2, 0.25) is 0 Å². The smallest absolute Gasteiger partial charge is 0.309 e. The number of rotatable bonds is 2. The van der Waals surface area contributed by atoms with Gasteiger partial charge in [-0.15, -0.1) is 0 Å². The summed E-state index contributed by atoms with van der Waals surface area (Å²) in [5.41, 5.74) is 0. The fourth-order valence-corrected chi connectivity index (χ4v) is 1.87. The van der Waals surface area contributed by atoms with Crippen LogP contribution in [-0.2, 0) is 14.4 Å². The van der Waals surface area contributed by atoms with Gasteiger partial charge in [-0.2, -0.15) is 0 Å². The van der Waals surface area contributed by atoms with Crippen LogP contribution in [0.2, 0.25) is 0 Å². The molecule has 2 N–H and O–H groups in total. The van der Waals surface area contributed by atoms with Crippen LogP contribution < -0.4 is 0 Å². The molecule has 0 aromatic rings. The molecule has 1 rings (SSSR count). The van der Waals surface area contributed by atoms with Crippen LogP contribution in [0.25, 0.3) is 0 Å².